The number of nitrogens with zero attached hydrogens (tertiary/aromatic N) is 3. The summed E-state index contributed by atoms with van der Waals surface area (Å²) in [5, 5.41) is 6.44. The molecule has 2 N–H and O–H groups in total. The van der Waals surface area contributed by atoms with Crippen LogP contribution in [0.4, 0.5) is 5.82 Å². The predicted octanol–water partition coefficient (Wildman–Crippen LogP) is 2.93. The molecule has 0 aliphatic carbocycles. The number of anilines is 1. The summed E-state index contributed by atoms with van der Waals surface area (Å²) >= 11 is 0. The van der Waals surface area contributed by atoms with Crippen molar-refractivity contribution >= 4 is 35.8 Å². The molecule has 0 bridgehead atoms. The molecule has 0 atom stereocenters. The summed E-state index contributed by atoms with van der Waals surface area (Å²) < 4.78 is 0. The van der Waals surface area contributed by atoms with Crippen LogP contribution in [-0.4, -0.2) is 37.1 Å². The van der Waals surface area contributed by atoms with Crippen LogP contribution >= 0.6 is 24.0 Å². The molecule has 2 rings (SSSR count). The molecule has 0 aromatic carbocycles. The predicted molar refractivity (Wildman–Crippen MR) is 109 cm³/mol. The first-order valence-corrected chi connectivity index (χ1v) is 8.16. The highest BCUT2D eigenvalue weighted by atomic mass is 127. The summed E-state index contributed by atoms with van der Waals surface area (Å²) in [5.41, 5.74) is 1.19. The Bertz CT molecular complexity index is 498. The second-order valence-corrected chi connectivity index (χ2v) is 5.43. The van der Waals surface area contributed by atoms with Crippen molar-refractivity contribution in [3.05, 3.63) is 36.5 Å². The monoisotopic (exact) mass is 429 g/mol. The van der Waals surface area contributed by atoms with Gasteiger partial charge in [-0.15, -0.1) is 30.6 Å². The Morgan fingerprint density at radius 2 is 2.13 bits per heavy atom. The number of halogens is 1. The standard InChI is InChI=1S/C17H27N5.HI/c1-3-9-20-17(18-4-2)21-14-15-8-10-19-16(13-15)22-11-6-5-7-12-22;/h3,8,10,13H,1,4-7,9,11-12,14H2,2H3,(H2,18,20,21);1H. The molecule has 0 unspecified atom stereocenters. The first-order valence-electron chi connectivity index (χ1n) is 8.16. The zero-order valence-electron chi connectivity index (χ0n) is 13.9. The van der Waals surface area contributed by atoms with Gasteiger partial charge in [0.25, 0.3) is 0 Å². The van der Waals surface area contributed by atoms with Crippen LogP contribution in [0.2, 0.25) is 0 Å². The van der Waals surface area contributed by atoms with Crippen LogP contribution in [0, 0.1) is 0 Å². The zero-order chi connectivity index (χ0) is 15.6. The molecule has 2 heterocycles. The van der Waals surface area contributed by atoms with Gasteiger partial charge in [0.1, 0.15) is 5.82 Å². The lowest BCUT2D eigenvalue weighted by molar-refractivity contribution is 0.573. The van der Waals surface area contributed by atoms with E-state index in [1.54, 1.807) is 0 Å². The number of nitrogens with one attached hydrogen (secondary N) is 2. The minimum absolute atomic E-state index is 0. The Morgan fingerprint density at radius 3 is 2.83 bits per heavy atom. The molecule has 6 heteroatoms. The number of aliphatic imine (C=N–C) groups is 1. The van der Waals surface area contributed by atoms with Crippen molar-refractivity contribution in [1.82, 2.24) is 15.6 Å². The van der Waals surface area contributed by atoms with Crippen molar-refractivity contribution < 1.29 is 0 Å². The highest BCUT2D eigenvalue weighted by molar-refractivity contribution is 14.0. The van der Waals surface area contributed by atoms with Gasteiger partial charge in [-0.05, 0) is 43.9 Å². The van der Waals surface area contributed by atoms with E-state index in [0.29, 0.717) is 13.1 Å². The number of rotatable bonds is 6. The maximum atomic E-state index is 4.61. The Kier molecular flexibility index (Phi) is 9.66. The van der Waals surface area contributed by atoms with E-state index in [1.165, 1.54) is 24.8 Å². The van der Waals surface area contributed by atoms with Gasteiger partial charge in [-0.25, -0.2) is 9.98 Å². The number of piperidine rings is 1. The fourth-order valence-electron chi connectivity index (χ4n) is 2.54. The largest absolute Gasteiger partial charge is 0.357 e. The second kappa shape index (κ2) is 11.3. The fourth-order valence-corrected chi connectivity index (χ4v) is 2.54. The van der Waals surface area contributed by atoms with E-state index in [1.807, 2.05) is 18.3 Å². The van der Waals surface area contributed by atoms with Gasteiger partial charge in [-0.1, -0.05) is 6.08 Å². The summed E-state index contributed by atoms with van der Waals surface area (Å²) in [6.07, 6.45) is 7.58. The van der Waals surface area contributed by atoms with Gasteiger partial charge in [-0.3, -0.25) is 0 Å². The Hall–Kier alpha value is -1.31. The number of hydrogen-bond acceptors (Lipinski definition) is 3. The van der Waals surface area contributed by atoms with Crippen molar-refractivity contribution in [2.24, 2.45) is 4.99 Å². The first kappa shape index (κ1) is 19.7. The van der Waals surface area contributed by atoms with Gasteiger partial charge in [-0.2, -0.15) is 0 Å². The molecule has 1 saturated heterocycles. The molecule has 1 aliphatic rings. The van der Waals surface area contributed by atoms with Gasteiger partial charge in [0.2, 0.25) is 0 Å². The minimum Gasteiger partial charge on any atom is -0.357 e. The van der Waals surface area contributed by atoms with Crippen molar-refractivity contribution in [1.29, 1.82) is 0 Å². The van der Waals surface area contributed by atoms with Gasteiger partial charge >= 0.3 is 0 Å². The van der Waals surface area contributed by atoms with E-state index < -0.39 is 0 Å². The Morgan fingerprint density at radius 1 is 1.35 bits per heavy atom. The molecule has 5 nitrogen and oxygen atoms in total. The quantitative estimate of drug-likeness (QED) is 0.316. The molecule has 23 heavy (non-hydrogen) atoms. The maximum Gasteiger partial charge on any atom is 0.191 e. The van der Waals surface area contributed by atoms with Crippen LogP contribution < -0.4 is 15.5 Å². The topological polar surface area (TPSA) is 52.6 Å². The highest BCUT2D eigenvalue weighted by Gasteiger charge is 2.12. The molecule has 0 radical (unpaired) electrons. The average Bonchev–Trinajstić information content (AvgIpc) is 2.58. The van der Waals surface area contributed by atoms with Crippen LogP contribution in [0.1, 0.15) is 31.7 Å². The molecule has 0 saturated carbocycles. The summed E-state index contributed by atoms with van der Waals surface area (Å²) in [6.45, 7) is 10.2. The third kappa shape index (κ3) is 6.76. The van der Waals surface area contributed by atoms with Crippen molar-refractivity contribution in [2.75, 3.05) is 31.1 Å². The van der Waals surface area contributed by atoms with Crippen LogP contribution in [0.5, 0.6) is 0 Å². The second-order valence-electron chi connectivity index (χ2n) is 5.43. The third-order valence-corrected chi connectivity index (χ3v) is 3.67. The van der Waals surface area contributed by atoms with Crippen LogP contribution in [-0.2, 0) is 6.54 Å². The lowest BCUT2D eigenvalue weighted by atomic mass is 10.1. The molecule has 0 amide bonds. The summed E-state index contributed by atoms with van der Waals surface area (Å²) in [5.74, 6) is 1.90. The van der Waals surface area contributed by atoms with E-state index >= 15 is 0 Å². The van der Waals surface area contributed by atoms with Gasteiger partial charge in [0.15, 0.2) is 5.96 Å². The summed E-state index contributed by atoms with van der Waals surface area (Å²) in [4.78, 5) is 11.5. The van der Waals surface area contributed by atoms with Crippen molar-refractivity contribution in [3.63, 3.8) is 0 Å². The molecule has 1 fully saturated rings. The van der Waals surface area contributed by atoms with Gasteiger partial charge in [0, 0.05) is 32.4 Å². The molecule has 128 valence electrons. The van der Waals surface area contributed by atoms with E-state index in [9.17, 15) is 0 Å². The van der Waals surface area contributed by atoms with E-state index in [4.69, 9.17) is 0 Å². The average molecular weight is 429 g/mol. The minimum atomic E-state index is 0. The Balaban J connectivity index is 0.00000264. The number of guanidine groups is 1. The molecule has 1 aromatic rings. The molecule has 1 aliphatic heterocycles. The van der Waals surface area contributed by atoms with Crippen molar-refractivity contribution in [3.8, 4) is 0 Å². The normalized spacial score (nSPS) is 14.8. The first-order chi connectivity index (χ1) is 10.8. The third-order valence-electron chi connectivity index (χ3n) is 3.67. The molecular weight excluding hydrogens is 401 g/mol. The zero-order valence-corrected chi connectivity index (χ0v) is 16.3. The lowest BCUT2D eigenvalue weighted by Gasteiger charge is -2.27. The van der Waals surface area contributed by atoms with Crippen molar-refractivity contribution in [2.45, 2.75) is 32.7 Å². The highest BCUT2D eigenvalue weighted by Crippen LogP contribution is 2.18. The van der Waals surface area contributed by atoms with Gasteiger partial charge in [0.05, 0.1) is 6.54 Å². The lowest BCUT2D eigenvalue weighted by Crippen LogP contribution is -2.37. The van der Waals surface area contributed by atoms with Crippen LogP contribution in [0.15, 0.2) is 36.0 Å². The molecular formula is C17H28IN5. The Labute approximate surface area is 156 Å². The van der Waals surface area contributed by atoms with Crippen LogP contribution in [0.25, 0.3) is 0 Å². The number of aromatic nitrogens is 1. The van der Waals surface area contributed by atoms with Gasteiger partial charge < -0.3 is 15.5 Å². The smallest absolute Gasteiger partial charge is 0.191 e. The fraction of sp³-hybridized carbons (Fsp3) is 0.529. The number of pyridine rings is 1. The SMILES string of the molecule is C=CCNC(=NCc1ccnc(N2CCCCC2)c1)NCC.I. The van der Waals surface area contributed by atoms with E-state index in [2.05, 4.69) is 45.1 Å². The molecule has 0 spiro atoms. The number of hydrogen-bond donors (Lipinski definition) is 2. The van der Waals surface area contributed by atoms with Crippen LogP contribution in [0.3, 0.4) is 0 Å². The molecule has 1 aromatic heterocycles. The summed E-state index contributed by atoms with van der Waals surface area (Å²) in [6, 6.07) is 4.19. The maximum absolute atomic E-state index is 4.61. The van der Waals surface area contributed by atoms with E-state index in [-0.39, 0.29) is 24.0 Å². The summed E-state index contributed by atoms with van der Waals surface area (Å²) in [7, 11) is 0. The van der Waals surface area contributed by atoms with E-state index in [0.717, 1.165) is 31.4 Å².